The average molecular weight is 243 g/mol. The van der Waals surface area contributed by atoms with Gasteiger partial charge in [-0.05, 0) is 60.4 Å². The molecule has 3 heteroatoms. The second-order valence-corrected chi connectivity index (χ2v) is 4.63. The molecule has 2 nitrogen and oxygen atoms in total. The van der Waals surface area contributed by atoms with Crippen molar-refractivity contribution in [1.29, 1.82) is 0 Å². The molecule has 0 amide bonds. The first-order chi connectivity index (χ1) is 8.72. The van der Waals surface area contributed by atoms with Gasteiger partial charge < -0.3 is 10.4 Å². The molecule has 1 aliphatic carbocycles. The number of aromatic hydroxyl groups is 1. The van der Waals surface area contributed by atoms with Gasteiger partial charge in [0, 0.05) is 5.69 Å². The number of phenolic OH excluding ortho intramolecular Hbond substituents is 1. The molecule has 0 spiro atoms. The van der Waals surface area contributed by atoms with Crippen molar-refractivity contribution in [3.63, 3.8) is 0 Å². The summed E-state index contributed by atoms with van der Waals surface area (Å²) in [5.74, 6) is 0.0912. The first-order valence-electron chi connectivity index (χ1n) is 6.06. The van der Waals surface area contributed by atoms with Crippen LogP contribution >= 0.6 is 0 Å². The van der Waals surface area contributed by atoms with Crippen molar-refractivity contribution < 1.29 is 9.50 Å². The molecule has 0 aliphatic heterocycles. The van der Waals surface area contributed by atoms with Gasteiger partial charge in [0.2, 0.25) is 0 Å². The minimum atomic E-state index is -0.168. The first-order valence-corrected chi connectivity index (χ1v) is 6.06. The van der Waals surface area contributed by atoms with Crippen molar-refractivity contribution in [2.75, 3.05) is 5.32 Å². The zero-order valence-electron chi connectivity index (χ0n) is 9.86. The van der Waals surface area contributed by atoms with Crippen molar-refractivity contribution in [3.05, 3.63) is 59.4 Å². The minimum absolute atomic E-state index is 0.168. The molecule has 0 bridgehead atoms. The second kappa shape index (κ2) is 4.33. The van der Waals surface area contributed by atoms with Gasteiger partial charge in [0.05, 0.1) is 6.04 Å². The molecule has 1 atom stereocenters. The predicted octanol–water partition coefficient (Wildman–Crippen LogP) is 3.63. The van der Waals surface area contributed by atoms with E-state index in [2.05, 4.69) is 5.32 Å². The molecule has 1 unspecified atom stereocenters. The van der Waals surface area contributed by atoms with Gasteiger partial charge >= 0.3 is 0 Å². The number of aryl methyl sites for hydroxylation is 1. The SMILES string of the molecule is Oc1ccc(NC2CCc3cc(F)ccc32)cc1. The topological polar surface area (TPSA) is 32.3 Å². The van der Waals surface area contributed by atoms with Crippen LogP contribution in [0, 0.1) is 5.82 Å². The van der Waals surface area contributed by atoms with Crippen molar-refractivity contribution in [3.8, 4) is 5.75 Å². The molecule has 0 fully saturated rings. The monoisotopic (exact) mass is 243 g/mol. The summed E-state index contributed by atoms with van der Waals surface area (Å²) in [5, 5.41) is 12.6. The number of phenols is 1. The standard InChI is InChI=1S/C15H14FNO/c16-11-2-7-14-10(9-11)1-8-15(14)17-12-3-5-13(18)6-4-12/h2-7,9,15,17-18H,1,8H2. The van der Waals surface area contributed by atoms with Gasteiger partial charge in [-0.3, -0.25) is 0 Å². The molecule has 1 aliphatic rings. The number of hydrogen-bond acceptors (Lipinski definition) is 2. The number of rotatable bonds is 2. The summed E-state index contributed by atoms with van der Waals surface area (Å²) in [6.45, 7) is 0. The van der Waals surface area contributed by atoms with Crippen molar-refractivity contribution >= 4 is 5.69 Å². The van der Waals surface area contributed by atoms with Gasteiger partial charge in [0.15, 0.2) is 0 Å². The largest absolute Gasteiger partial charge is 0.508 e. The maximum atomic E-state index is 13.1. The van der Waals surface area contributed by atoms with Crippen LogP contribution in [-0.4, -0.2) is 5.11 Å². The Morgan fingerprint density at radius 3 is 2.67 bits per heavy atom. The van der Waals surface area contributed by atoms with Crippen LogP contribution in [0.1, 0.15) is 23.6 Å². The third-order valence-corrected chi connectivity index (χ3v) is 3.39. The number of nitrogens with one attached hydrogen (secondary N) is 1. The van der Waals surface area contributed by atoms with E-state index in [0.29, 0.717) is 0 Å². The average Bonchev–Trinajstić information content (AvgIpc) is 2.74. The zero-order valence-corrected chi connectivity index (χ0v) is 9.86. The highest BCUT2D eigenvalue weighted by molar-refractivity contribution is 5.50. The van der Waals surface area contributed by atoms with Crippen LogP contribution in [0.4, 0.5) is 10.1 Å². The smallest absolute Gasteiger partial charge is 0.123 e. The molecule has 0 heterocycles. The number of fused-ring (bicyclic) bond motifs is 1. The molecule has 2 aromatic rings. The van der Waals surface area contributed by atoms with E-state index in [0.717, 1.165) is 24.1 Å². The number of benzene rings is 2. The normalized spacial score (nSPS) is 17.5. The fourth-order valence-corrected chi connectivity index (χ4v) is 2.49. The van der Waals surface area contributed by atoms with Gasteiger partial charge in [-0.15, -0.1) is 0 Å². The molecule has 0 radical (unpaired) electrons. The Morgan fingerprint density at radius 2 is 1.89 bits per heavy atom. The fraction of sp³-hybridized carbons (Fsp3) is 0.200. The molecular weight excluding hydrogens is 229 g/mol. The van der Waals surface area contributed by atoms with E-state index < -0.39 is 0 Å². The summed E-state index contributed by atoms with van der Waals surface area (Å²) >= 11 is 0. The molecule has 0 saturated heterocycles. The maximum Gasteiger partial charge on any atom is 0.123 e. The van der Waals surface area contributed by atoms with E-state index in [9.17, 15) is 9.50 Å². The van der Waals surface area contributed by atoms with Gasteiger partial charge in [-0.2, -0.15) is 0 Å². The summed E-state index contributed by atoms with van der Waals surface area (Å²) in [7, 11) is 0. The fourth-order valence-electron chi connectivity index (χ4n) is 2.49. The van der Waals surface area contributed by atoms with Crippen molar-refractivity contribution in [2.24, 2.45) is 0 Å². The number of hydrogen-bond donors (Lipinski definition) is 2. The van der Waals surface area contributed by atoms with E-state index in [1.165, 1.54) is 11.6 Å². The molecule has 0 saturated carbocycles. The molecule has 18 heavy (non-hydrogen) atoms. The minimum Gasteiger partial charge on any atom is -0.508 e. The highest BCUT2D eigenvalue weighted by Crippen LogP contribution is 2.34. The van der Waals surface area contributed by atoms with Crippen LogP contribution in [0.15, 0.2) is 42.5 Å². The Hall–Kier alpha value is -2.03. The third-order valence-electron chi connectivity index (χ3n) is 3.39. The lowest BCUT2D eigenvalue weighted by molar-refractivity contribution is 0.475. The number of halogens is 1. The van der Waals surface area contributed by atoms with Gasteiger partial charge in [-0.25, -0.2) is 4.39 Å². The highest BCUT2D eigenvalue weighted by Gasteiger charge is 2.22. The molecule has 2 N–H and O–H groups in total. The summed E-state index contributed by atoms with van der Waals surface area (Å²) in [6, 6.07) is 12.2. The Kier molecular flexibility index (Phi) is 2.67. The van der Waals surface area contributed by atoms with Crippen LogP contribution in [-0.2, 0) is 6.42 Å². The third kappa shape index (κ3) is 2.04. The van der Waals surface area contributed by atoms with Crippen molar-refractivity contribution in [2.45, 2.75) is 18.9 Å². The van der Waals surface area contributed by atoms with Crippen molar-refractivity contribution in [1.82, 2.24) is 0 Å². The molecule has 92 valence electrons. The van der Waals surface area contributed by atoms with E-state index in [4.69, 9.17) is 0 Å². The summed E-state index contributed by atoms with van der Waals surface area (Å²) < 4.78 is 13.1. The van der Waals surface area contributed by atoms with Crippen LogP contribution < -0.4 is 5.32 Å². The van der Waals surface area contributed by atoms with Crippen LogP contribution in [0.25, 0.3) is 0 Å². The Bertz CT molecular complexity index is 565. The Morgan fingerprint density at radius 1 is 1.11 bits per heavy atom. The van der Waals surface area contributed by atoms with Crippen LogP contribution in [0.3, 0.4) is 0 Å². The molecule has 0 aromatic heterocycles. The van der Waals surface area contributed by atoms with Crippen LogP contribution in [0.5, 0.6) is 5.75 Å². The first kappa shape index (κ1) is 11.1. The van der Waals surface area contributed by atoms with E-state index in [1.807, 2.05) is 18.2 Å². The number of anilines is 1. The lowest BCUT2D eigenvalue weighted by Crippen LogP contribution is -2.06. The molecule has 2 aromatic carbocycles. The summed E-state index contributed by atoms with van der Waals surface area (Å²) in [6.07, 6.45) is 1.88. The van der Waals surface area contributed by atoms with Gasteiger partial charge in [-0.1, -0.05) is 6.07 Å². The van der Waals surface area contributed by atoms with Gasteiger partial charge in [0.1, 0.15) is 11.6 Å². The highest BCUT2D eigenvalue weighted by atomic mass is 19.1. The van der Waals surface area contributed by atoms with E-state index in [-0.39, 0.29) is 17.6 Å². The van der Waals surface area contributed by atoms with Gasteiger partial charge in [0.25, 0.3) is 0 Å². The Balaban J connectivity index is 1.82. The zero-order chi connectivity index (χ0) is 12.5. The predicted molar refractivity (Wildman–Crippen MR) is 69.2 cm³/mol. The summed E-state index contributed by atoms with van der Waals surface area (Å²) in [5.41, 5.74) is 3.23. The Labute approximate surface area is 105 Å². The molecular formula is C15H14FNO. The van der Waals surface area contributed by atoms with Crippen LogP contribution in [0.2, 0.25) is 0 Å². The molecule has 3 rings (SSSR count). The maximum absolute atomic E-state index is 13.1. The lowest BCUT2D eigenvalue weighted by Gasteiger charge is -2.15. The second-order valence-electron chi connectivity index (χ2n) is 4.63. The van der Waals surface area contributed by atoms with E-state index in [1.54, 1.807) is 18.2 Å². The lowest BCUT2D eigenvalue weighted by atomic mass is 10.1. The summed E-state index contributed by atoms with van der Waals surface area (Å²) in [4.78, 5) is 0. The van der Waals surface area contributed by atoms with E-state index >= 15 is 0 Å². The quantitative estimate of drug-likeness (QED) is 0.789.